The second-order valence-electron chi connectivity index (χ2n) is 2.72. The molecule has 0 aliphatic carbocycles. The SMILES string of the molecule is COC(C)(C)/C=C/CCO. The molecule has 60 valence electrons. The van der Waals surface area contributed by atoms with Crippen molar-refractivity contribution in [1.29, 1.82) is 0 Å². The van der Waals surface area contributed by atoms with Crippen LogP contribution in [0.1, 0.15) is 20.3 Å². The van der Waals surface area contributed by atoms with Crippen LogP contribution in [0.3, 0.4) is 0 Å². The van der Waals surface area contributed by atoms with Gasteiger partial charge in [-0.15, -0.1) is 0 Å². The Morgan fingerprint density at radius 3 is 2.50 bits per heavy atom. The van der Waals surface area contributed by atoms with Crippen molar-refractivity contribution in [2.75, 3.05) is 13.7 Å². The fourth-order valence-electron chi connectivity index (χ4n) is 0.510. The number of methoxy groups -OCH3 is 1. The Morgan fingerprint density at radius 2 is 2.10 bits per heavy atom. The summed E-state index contributed by atoms with van der Waals surface area (Å²) in [5, 5.41) is 8.44. The highest BCUT2D eigenvalue weighted by atomic mass is 16.5. The molecule has 0 radical (unpaired) electrons. The average Bonchev–Trinajstić information content (AvgIpc) is 1.89. The van der Waals surface area contributed by atoms with Crippen molar-refractivity contribution < 1.29 is 9.84 Å². The van der Waals surface area contributed by atoms with Crippen LogP contribution in [0.2, 0.25) is 0 Å². The van der Waals surface area contributed by atoms with E-state index in [9.17, 15) is 0 Å². The van der Waals surface area contributed by atoms with Crippen molar-refractivity contribution in [2.45, 2.75) is 25.9 Å². The summed E-state index contributed by atoms with van der Waals surface area (Å²) < 4.78 is 5.12. The zero-order valence-corrected chi connectivity index (χ0v) is 6.92. The number of aliphatic hydroxyl groups excluding tert-OH is 1. The van der Waals surface area contributed by atoms with Gasteiger partial charge in [-0.2, -0.15) is 0 Å². The Kier molecular flexibility index (Phi) is 4.32. The lowest BCUT2D eigenvalue weighted by Crippen LogP contribution is -2.18. The Labute approximate surface area is 62.5 Å². The van der Waals surface area contributed by atoms with Crippen LogP contribution in [0, 0.1) is 0 Å². The zero-order chi connectivity index (χ0) is 8.04. The first-order valence-corrected chi connectivity index (χ1v) is 3.46. The largest absolute Gasteiger partial charge is 0.396 e. The number of rotatable bonds is 4. The molecule has 2 heteroatoms. The van der Waals surface area contributed by atoms with Gasteiger partial charge in [-0.1, -0.05) is 12.2 Å². The van der Waals surface area contributed by atoms with E-state index in [0.717, 1.165) is 0 Å². The van der Waals surface area contributed by atoms with E-state index in [1.807, 2.05) is 26.0 Å². The van der Waals surface area contributed by atoms with Gasteiger partial charge in [0.05, 0.1) is 5.60 Å². The fraction of sp³-hybridized carbons (Fsp3) is 0.750. The number of aliphatic hydroxyl groups is 1. The van der Waals surface area contributed by atoms with Crippen LogP contribution >= 0.6 is 0 Å². The van der Waals surface area contributed by atoms with E-state index >= 15 is 0 Å². The van der Waals surface area contributed by atoms with E-state index in [-0.39, 0.29) is 12.2 Å². The number of hydrogen-bond acceptors (Lipinski definition) is 2. The second kappa shape index (κ2) is 4.47. The van der Waals surface area contributed by atoms with Crippen molar-refractivity contribution >= 4 is 0 Å². The minimum Gasteiger partial charge on any atom is -0.396 e. The number of ether oxygens (including phenoxy) is 1. The van der Waals surface area contributed by atoms with Gasteiger partial charge in [0.25, 0.3) is 0 Å². The summed E-state index contributed by atoms with van der Waals surface area (Å²) >= 11 is 0. The molecule has 0 saturated heterocycles. The molecule has 0 aliphatic rings. The molecule has 0 aromatic heterocycles. The Balaban J connectivity index is 3.63. The van der Waals surface area contributed by atoms with Gasteiger partial charge in [0.1, 0.15) is 0 Å². The van der Waals surface area contributed by atoms with Crippen molar-refractivity contribution in [1.82, 2.24) is 0 Å². The lowest BCUT2D eigenvalue weighted by molar-refractivity contribution is 0.0653. The third kappa shape index (κ3) is 4.53. The first kappa shape index (κ1) is 9.66. The molecule has 0 rings (SSSR count). The van der Waals surface area contributed by atoms with E-state index < -0.39 is 0 Å². The van der Waals surface area contributed by atoms with Crippen LogP contribution in [0.4, 0.5) is 0 Å². The van der Waals surface area contributed by atoms with E-state index in [1.54, 1.807) is 7.11 Å². The van der Waals surface area contributed by atoms with E-state index in [0.29, 0.717) is 6.42 Å². The number of hydrogen-bond donors (Lipinski definition) is 1. The first-order chi connectivity index (χ1) is 4.62. The van der Waals surface area contributed by atoms with Crippen molar-refractivity contribution in [3.8, 4) is 0 Å². The fourth-order valence-corrected chi connectivity index (χ4v) is 0.510. The zero-order valence-electron chi connectivity index (χ0n) is 6.92. The molecule has 0 aromatic rings. The Morgan fingerprint density at radius 1 is 1.50 bits per heavy atom. The molecule has 0 saturated carbocycles. The molecule has 0 spiro atoms. The molecule has 0 unspecified atom stereocenters. The normalized spacial score (nSPS) is 12.8. The van der Waals surface area contributed by atoms with Crippen LogP contribution in [-0.4, -0.2) is 24.4 Å². The minimum absolute atomic E-state index is 0.199. The van der Waals surface area contributed by atoms with Crippen molar-refractivity contribution in [3.05, 3.63) is 12.2 Å². The lowest BCUT2D eigenvalue weighted by atomic mass is 10.1. The van der Waals surface area contributed by atoms with Crippen molar-refractivity contribution in [3.63, 3.8) is 0 Å². The maximum absolute atomic E-state index is 8.44. The smallest absolute Gasteiger partial charge is 0.0802 e. The van der Waals surface area contributed by atoms with Gasteiger partial charge in [0, 0.05) is 13.7 Å². The van der Waals surface area contributed by atoms with Crippen molar-refractivity contribution in [2.24, 2.45) is 0 Å². The van der Waals surface area contributed by atoms with E-state index in [2.05, 4.69) is 0 Å². The summed E-state index contributed by atoms with van der Waals surface area (Å²) in [5.41, 5.74) is -0.199. The van der Waals surface area contributed by atoms with Gasteiger partial charge < -0.3 is 9.84 Å². The minimum atomic E-state index is -0.199. The lowest BCUT2D eigenvalue weighted by Gasteiger charge is -2.17. The third-order valence-electron chi connectivity index (χ3n) is 1.34. The molecule has 2 nitrogen and oxygen atoms in total. The predicted octanol–water partition coefficient (Wildman–Crippen LogP) is 1.35. The molecule has 0 fully saturated rings. The molecule has 0 aliphatic heterocycles. The summed E-state index contributed by atoms with van der Waals surface area (Å²) in [6, 6.07) is 0. The molecule has 0 atom stereocenters. The van der Waals surface area contributed by atoms with Gasteiger partial charge in [-0.3, -0.25) is 0 Å². The highest BCUT2D eigenvalue weighted by molar-refractivity contribution is 4.96. The van der Waals surface area contributed by atoms with Crippen LogP contribution in [0.25, 0.3) is 0 Å². The molecular weight excluding hydrogens is 128 g/mol. The third-order valence-corrected chi connectivity index (χ3v) is 1.34. The topological polar surface area (TPSA) is 29.5 Å². The van der Waals surface area contributed by atoms with Crippen LogP contribution in [0.15, 0.2) is 12.2 Å². The first-order valence-electron chi connectivity index (χ1n) is 3.46. The maximum Gasteiger partial charge on any atom is 0.0802 e. The highest BCUT2D eigenvalue weighted by Crippen LogP contribution is 2.08. The molecular formula is C8H16O2. The highest BCUT2D eigenvalue weighted by Gasteiger charge is 2.09. The van der Waals surface area contributed by atoms with Crippen LogP contribution in [0.5, 0.6) is 0 Å². The summed E-state index contributed by atoms with van der Waals surface area (Å²) in [6.45, 7) is 4.15. The molecule has 0 heterocycles. The van der Waals surface area contributed by atoms with E-state index in [1.165, 1.54) is 0 Å². The molecule has 0 aromatic carbocycles. The molecule has 0 bridgehead atoms. The molecule has 1 N–H and O–H groups in total. The second-order valence-corrected chi connectivity index (χ2v) is 2.72. The van der Waals surface area contributed by atoms with Gasteiger partial charge in [-0.05, 0) is 20.3 Å². The Bertz CT molecular complexity index is 106. The predicted molar refractivity (Wildman–Crippen MR) is 41.9 cm³/mol. The van der Waals surface area contributed by atoms with Gasteiger partial charge in [0.2, 0.25) is 0 Å². The maximum atomic E-state index is 8.44. The monoisotopic (exact) mass is 144 g/mol. The molecule has 10 heavy (non-hydrogen) atoms. The summed E-state index contributed by atoms with van der Waals surface area (Å²) in [6.07, 6.45) is 4.57. The standard InChI is InChI=1S/C8H16O2/c1-8(2,10-3)6-4-5-7-9/h4,6,9H,5,7H2,1-3H3/b6-4+. The Hall–Kier alpha value is -0.340. The quantitative estimate of drug-likeness (QED) is 0.603. The van der Waals surface area contributed by atoms with Gasteiger partial charge in [-0.25, -0.2) is 0 Å². The van der Waals surface area contributed by atoms with Gasteiger partial charge >= 0.3 is 0 Å². The molecule has 0 amide bonds. The summed E-state index contributed by atoms with van der Waals surface area (Å²) in [7, 11) is 1.67. The summed E-state index contributed by atoms with van der Waals surface area (Å²) in [4.78, 5) is 0. The van der Waals surface area contributed by atoms with Crippen LogP contribution < -0.4 is 0 Å². The van der Waals surface area contributed by atoms with Crippen LogP contribution in [-0.2, 0) is 4.74 Å². The van der Waals surface area contributed by atoms with E-state index in [4.69, 9.17) is 9.84 Å². The van der Waals surface area contributed by atoms with Gasteiger partial charge in [0.15, 0.2) is 0 Å². The average molecular weight is 144 g/mol. The summed E-state index contributed by atoms with van der Waals surface area (Å²) in [5.74, 6) is 0.